The van der Waals surface area contributed by atoms with Crippen LogP contribution in [0.4, 0.5) is 4.79 Å². The van der Waals surface area contributed by atoms with E-state index in [9.17, 15) is 9.59 Å². The molecule has 6 heteroatoms. The van der Waals surface area contributed by atoms with Crippen molar-refractivity contribution in [2.75, 3.05) is 6.17 Å². The number of amides is 1. The van der Waals surface area contributed by atoms with Gasteiger partial charge in [0.2, 0.25) is 0 Å². The molecule has 0 aromatic heterocycles. The van der Waals surface area contributed by atoms with E-state index in [0.29, 0.717) is 12.2 Å². The Kier molecular flexibility index (Phi) is 3.57. The Balaban J connectivity index is 2.81. The van der Waals surface area contributed by atoms with Crippen LogP contribution in [-0.4, -0.2) is 48.0 Å². The van der Waals surface area contributed by atoms with E-state index in [1.165, 1.54) is 4.90 Å². The van der Waals surface area contributed by atoms with Crippen LogP contribution in [0, 0.1) is 0 Å². The summed E-state index contributed by atoms with van der Waals surface area (Å²) in [5.74, 6) is -0.936. The predicted octanol–water partition coefficient (Wildman–Crippen LogP) is 1.94. The van der Waals surface area contributed by atoms with Crippen LogP contribution in [0.2, 0.25) is 19.1 Å². The number of carboxylic acids is 1. The molecule has 1 N–H and O–H groups in total. The molecule has 1 heterocycles. The van der Waals surface area contributed by atoms with E-state index in [1.807, 2.05) is 0 Å². The molecule has 0 bridgehead atoms. The Hall–Kier alpha value is -1.04. The maximum absolute atomic E-state index is 11.9. The lowest BCUT2D eigenvalue weighted by Gasteiger charge is -2.27. The highest BCUT2D eigenvalue weighted by molar-refractivity contribution is 6.78. The van der Waals surface area contributed by atoms with Crippen LogP contribution in [0.3, 0.4) is 0 Å². The number of carbonyl (C=O) groups excluding carboxylic acids is 1. The van der Waals surface area contributed by atoms with E-state index in [1.54, 1.807) is 20.8 Å². The molecule has 1 aliphatic rings. The first-order valence-electron chi connectivity index (χ1n) is 5.74. The van der Waals surface area contributed by atoms with Crippen molar-refractivity contribution in [1.82, 2.24) is 4.90 Å². The Bertz CT molecular complexity index is 335. The Morgan fingerprint density at radius 2 is 1.88 bits per heavy atom. The summed E-state index contributed by atoms with van der Waals surface area (Å²) in [4.78, 5) is 24.4. The SMILES string of the molecule is CC(C)(C)OC(=O)N1C[Si](C)(C)CC1C(=O)O. The number of carboxylic acid groups (broad SMARTS) is 1. The average Bonchev–Trinajstić information content (AvgIpc) is 2.38. The maximum Gasteiger partial charge on any atom is 0.410 e. The third-order valence-corrected chi connectivity index (χ3v) is 5.32. The monoisotopic (exact) mass is 259 g/mol. The van der Waals surface area contributed by atoms with Crippen molar-refractivity contribution >= 4 is 20.1 Å². The van der Waals surface area contributed by atoms with E-state index in [0.717, 1.165) is 0 Å². The molecule has 0 radical (unpaired) electrons. The van der Waals surface area contributed by atoms with Gasteiger partial charge in [-0.3, -0.25) is 4.90 Å². The molecule has 1 amide bonds. The van der Waals surface area contributed by atoms with Crippen molar-refractivity contribution in [2.45, 2.75) is 51.6 Å². The summed E-state index contributed by atoms with van der Waals surface area (Å²) in [5, 5.41) is 9.14. The zero-order valence-electron chi connectivity index (χ0n) is 11.1. The third-order valence-electron chi connectivity index (χ3n) is 2.63. The van der Waals surface area contributed by atoms with Gasteiger partial charge in [-0.05, 0) is 26.8 Å². The Morgan fingerprint density at radius 1 is 1.35 bits per heavy atom. The van der Waals surface area contributed by atoms with Crippen molar-refractivity contribution in [2.24, 2.45) is 0 Å². The predicted molar refractivity (Wildman–Crippen MR) is 66.7 cm³/mol. The fourth-order valence-corrected chi connectivity index (χ4v) is 4.85. The number of rotatable bonds is 1. The Labute approximate surface area is 103 Å². The minimum Gasteiger partial charge on any atom is -0.480 e. The van der Waals surface area contributed by atoms with Gasteiger partial charge in [0.15, 0.2) is 0 Å². The first-order valence-corrected chi connectivity index (χ1v) is 9.16. The number of hydrogen-bond donors (Lipinski definition) is 1. The largest absolute Gasteiger partial charge is 0.480 e. The summed E-state index contributed by atoms with van der Waals surface area (Å²) in [6, 6.07) is -0.117. The van der Waals surface area contributed by atoms with Crippen LogP contribution in [0.25, 0.3) is 0 Å². The molecule has 0 aliphatic carbocycles. The zero-order valence-corrected chi connectivity index (χ0v) is 12.1. The van der Waals surface area contributed by atoms with Gasteiger partial charge < -0.3 is 9.84 Å². The summed E-state index contributed by atoms with van der Waals surface area (Å²) < 4.78 is 5.24. The lowest BCUT2D eigenvalue weighted by molar-refractivity contribution is -0.141. The molecular weight excluding hydrogens is 238 g/mol. The molecular formula is C11H21NO4Si. The highest BCUT2D eigenvalue weighted by Crippen LogP contribution is 2.28. The van der Waals surface area contributed by atoms with E-state index < -0.39 is 31.8 Å². The van der Waals surface area contributed by atoms with Crippen molar-refractivity contribution < 1.29 is 19.4 Å². The second kappa shape index (κ2) is 4.32. The van der Waals surface area contributed by atoms with Crippen LogP contribution < -0.4 is 0 Å². The van der Waals surface area contributed by atoms with Gasteiger partial charge in [0.05, 0.1) is 8.07 Å². The van der Waals surface area contributed by atoms with Gasteiger partial charge in [-0.15, -0.1) is 0 Å². The minimum absolute atomic E-state index is 0.511. The molecule has 5 nitrogen and oxygen atoms in total. The second-order valence-corrected chi connectivity index (χ2v) is 11.4. The van der Waals surface area contributed by atoms with Gasteiger partial charge in [-0.25, -0.2) is 9.59 Å². The average molecular weight is 259 g/mol. The van der Waals surface area contributed by atoms with Crippen LogP contribution in [0.1, 0.15) is 20.8 Å². The molecule has 1 unspecified atom stereocenters. The summed E-state index contributed by atoms with van der Waals surface area (Å²) in [6.07, 6.45) is 0.0433. The normalized spacial score (nSPS) is 23.6. The smallest absolute Gasteiger partial charge is 0.410 e. The van der Waals surface area contributed by atoms with Crippen molar-refractivity contribution in [1.29, 1.82) is 0 Å². The van der Waals surface area contributed by atoms with Gasteiger partial charge in [0, 0.05) is 6.17 Å². The molecule has 1 rings (SSSR count). The molecule has 1 aliphatic heterocycles. The molecule has 0 aromatic carbocycles. The van der Waals surface area contributed by atoms with E-state index in [2.05, 4.69) is 13.1 Å². The zero-order chi connectivity index (χ0) is 13.4. The molecule has 17 heavy (non-hydrogen) atoms. The standard InChI is InChI=1S/C11H21NO4Si/c1-11(2,3)16-10(15)12-7-17(4,5)6-8(12)9(13)14/h8H,6-7H2,1-5H3,(H,13,14). The van der Waals surface area contributed by atoms with Gasteiger partial charge in [0.1, 0.15) is 11.6 Å². The van der Waals surface area contributed by atoms with E-state index >= 15 is 0 Å². The first-order chi connectivity index (χ1) is 7.52. The third kappa shape index (κ3) is 3.73. The van der Waals surface area contributed by atoms with Crippen LogP contribution in [0.5, 0.6) is 0 Å². The molecule has 98 valence electrons. The highest BCUT2D eigenvalue weighted by Gasteiger charge is 2.46. The molecule has 0 aromatic rings. The van der Waals surface area contributed by atoms with Crippen LogP contribution >= 0.6 is 0 Å². The summed E-state index contributed by atoms with van der Waals surface area (Å²) in [6.45, 7) is 9.51. The van der Waals surface area contributed by atoms with Gasteiger partial charge >= 0.3 is 12.1 Å². The summed E-state index contributed by atoms with van der Waals surface area (Å²) >= 11 is 0. The maximum atomic E-state index is 11.9. The second-order valence-electron chi connectivity index (χ2n) is 6.33. The molecule has 1 saturated heterocycles. The van der Waals surface area contributed by atoms with E-state index in [4.69, 9.17) is 9.84 Å². The summed E-state index contributed by atoms with van der Waals surface area (Å²) in [7, 11) is -1.62. The van der Waals surface area contributed by atoms with Crippen molar-refractivity contribution in [3.63, 3.8) is 0 Å². The minimum atomic E-state index is -1.62. The van der Waals surface area contributed by atoms with Gasteiger partial charge in [-0.1, -0.05) is 13.1 Å². The molecule has 1 fully saturated rings. The van der Waals surface area contributed by atoms with Crippen LogP contribution in [0.15, 0.2) is 0 Å². The Morgan fingerprint density at radius 3 is 2.29 bits per heavy atom. The topological polar surface area (TPSA) is 66.8 Å². The van der Waals surface area contributed by atoms with Crippen molar-refractivity contribution in [3.8, 4) is 0 Å². The molecule has 0 spiro atoms. The number of nitrogens with zero attached hydrogens (tertiary/aromatic N) is 1. The lowest BCUT2D eigenvalue weighted by atomic mass is 10.2. The number of aliphatic carboxylic acids is 1. The van der Waals surface area contributed by atoms with Crippen LogP contribution in [-0.2, 0) is 9.53 Å². The number of hydrogen-bond acceptors (Lipinski definition) is 3. The lowest BCUT2D eigenvalue weighted by Crippen LogP contribution is -2.44. The van der Waals surface area contributed by atoms with E-state index in [-0.39, 0.29) is 0 Å². The summed E-state index contributed by atoms with van der Waals surface area (Å²) in [5.41, 5.74) is -0.589. The number of carbonyl (C=O) groups is 2. The van der Waals surface area contributed by atoms with Crippen molar-refractivity contribution in [3.05, 3.63) is 0 Å². The highest BCUT2D eigenvalue weighted by atomic mass is 28.3. The molecule has 1 atom stereocenters. The number of ether oxygens (including phenoxy) is 1. The first kappa shape index (κ1) is 14.0. The fourth-order valence-electron chi connectivity index (χ4n) is 2.00. The quantitative estimate of drug-likeness (QED) is 0.731. The van der Waals surface area contributed by atoms with Gasteiger partial charge in [0.25, 0.3) is 0 Å². The molecule has 0 saturated carbocycles. The van der Waals surface area contributed by atoms with Gasteiger partial charge in [-0.2, -0.15) is 0 Å². The fraction of sp³-hybridized carbons (Fsp3) is 0.818.